The lowest BCUT2D eigenvalue weighted by molar-refractivity contribution is 0.616. The van der Waals surface area contributed by atoms with E-state index in [1.807, 2.05) is 24.4 Å². The highest BCUT2D eigenvalue weighted by molar-refractivity contribution is 6.48. The van der Waals surface area contributed by atoms with Crippen molar-refractivity contribution in [2.45, 2.75) is 0 Å². The molecule has 0 saturated carbocycles. The van der Waals surface area contributed by atoms with E-state index in [0.29, 0.717) is 0 Å². The van der Waals surface area contributed by atoms with Crippen LogP contribution in [0, 0.1) is 0 Å². The Bertz CT molecular complexity index is 371. The minimum Gasteiger partial charge on any atom is -0.449 e. The Morgan fingerprint density at radius 1 is 1.45 bits per heavy atom. The van der Waals surface area contributed by atoms with E-state index in [0.717, 1.165) is 11.0 Å². The number of aromatic nitrogens is 2. The summed E-state index contributed by atoms with van der Waals surface area (Å²) in [4.78, 5) is 0. The van der Waals surface area contributed by atoms with Gasteiger partial charge in [-0.3, -0.25) is 0 Å². The van der Waals surface area contributed by atoms with Crippen molar-refractivity contribution in [3.05, 3.63) is 30.6 Å². The zero-order valence-electron chi connectivity index (χ0n) is 5.94. The maximum atomic E-state index is 8.87. The molecular formula is C7H7BN2O. The van der Waals surface area contributed by atoms with Crippen molar-refractivity contribution in [2.24, 2.45) is 0 Å². The molecular weight excluding hydrogens is 139 g/mol. The fourth-order valence-corrected chi connectivity index (χ4v) is 1.11. The van der Waals surface area contributed by atoms with Crippen molar-refractivity contribution in [3.8, 4) is 0 Å². The summed E-state index contributed by atoms with van der Waals surface area (Å²) in [6, 6.07) is 5.76. The zero-order chi connectivity index (χ0) is 7.68. The molecule has 0 bridgehead atoms. The summed E-state index contributed by atoms with van der Waals surface area (Å²) in [7, 11) is 0.0491. The first kappa shape index (κ1) is 6.43. The molecule has 0 fully saturated rings. The lowest BCUT2D eigenvalue weighted by Gasteiger charge is -1.91. The van der Waals surface area contributed by atoms with E-state index in [2.05, 4.69) is 5.10 Å². The summed E-state index contributed by atoms with van der Waals surface area (Å²) in [5.41, 5.74) is 1.83. The van der Waals surface area contributed by atoms with Gasteiger partial charge in [0.15, 0.2) is 0 Å². The average Bonchev–Trinajstić information content (AvgIpc) is 2.47. The van der Waals surface area contributed by atoms with Crippen LogP contribution < -0.4 is 5.46 Å². The average molecular weight is 146 g/mol. The molecule has 2 rings (SSSR count). The van der Waals surface area contributed by atoms with Crippen LogP contribution in [0.5, 0.6) is 0 Å². The lowest BCUT2D eigenvalue weighted by Crippen LogP contribution is -2.11. The summed E-state index contributed by atoms with van der Waals surface area (Å²) in [5, 5.41) is 12.9. The van der Waals surface area contributed by atoms with Gasteiger partial charge in [-0.1, -0.05) is 6.07 Å². The fraction of sp³-hybridized carbons (Fsp3) is 0. The van der Waals surface area contributed by atoms with Crippen LogP contribution in [0.3, 0.4) is 0 Å². The number of hydrogen-bond acceptors (Lipinski definition) is 2. The van der Waals surface area contributed by atoms with Gasteiger partial charge >= 0.3 is 7.48 Å². The molecule has 2 heterocycles. The van der Waals surface area contributed by atoms with Gasteiger partial charge in [0.1, 0.15) is 0 Å². The Kier molecular flexibility index (Phi) is 1.40. The van der Waals surface area contributed by atoms with Crippen LogP contribution in [-0.4, -0.2) is 22.1 Å². The summed E-state index contributed by atoms with van der Waals surface area (Å²) < 4.78 is 1.74. The predicted octanol–water partition coefficient (Wildman–Crippen LogP) is -0.697. The third-order valence-corrected chi connectivity index (χ3v) is 1.68. The molecule has 54 valence electrons. The molecule has 0 aliphatic heterocycles. The quantitative estimate of drug-likeness (QED) is 0.540. The van der Waals surface area contributed by atoms with Gasteiger partial charge in [0.2, 0.25) is 0 Å². The van der Waals surface area contributed by atoms with Crippen LogP contribution in [0.25, 0.3) is 5.52 Å². The maximum absolute atomic E-state index is 8.87. The number of pyridine rings is 1. The molecule has 0 radical (unpaired) electrons. The van der Waals surface area contributed by atoms with Crippen LogP contribution in [0.2, 0.25) is 0 Å². The molecule has 0 saturated heterocycles. The van der Waals surface area contributed by atoms with Gasteiger partial charge in [-0.15, -0.1) is 0 Å². The number of hydrogen-bond donors (Lipinski definition) is 1. The molecule has 0 atom stereocenters. The molecule has 3 nitrogen and oxygen atoms in total. The molecule has 0 aromatic carbocycles. The Labute approximate surface area is 64.6 Å². The number of fused-ring (bicyclic) bond motifs is 1. The van der Waals surface area contributed by atoms with E-state index in [9.17, 15) is 0 Å². The molecule has 11 heavy (non-hydrogen) atoms. The predicted molar refractivity (Wildman–Crippen MR) is 44.2 cm³/mol. The van der Waals surface area contributed by atoms with E-state index in [4.69, 9.17) is 5.02 Å². The van der Waals surface area contributed by atoms with Crippen molar-refractivity contribution >= 4 is 18.5 Å². The molecule has 0 unspecified atom stereocenters. The van der Waals surface area contributed by atoms with Gasteiger partial charge in [-0.05, 0) is 17.6 Å². The minimum absolute atomic E-state index is 0.0491. The first-order valence-corrected chi connectivity index (χ1v) is 3.44. The topological polar surface area (TPSA) is 37.5 Å². The van der Waals surface area contributed by atoms with Crippen molar-refractivity contribution in [1.82, 2.24) is 9.61 Å². The first-order chi connectivity index (χ1) is 5.42. The Hall–Kier alpha value is -1.29. The van der Waals surface area contributed by atoms with Crippen LogP contribution in [0.4, 0.5) is 0 Å². The summed E-state index contributed by atoms with van der Waals surface area (Å²) in [6.07, 6.45) is 3.53. The Morgan fingerprint density at radius 3 is 3.18 bits per heavy atom. The first-order valence-electron chi connectivity index (χ1n) is 3.44. The fourth-order valence-electron chi connectivity index (χ4n) is 1.11. The molecule has 1 N–H and O–H groups in total. The van der Waals surface area contributed by atoms with Crippen LogP contribution in [0.1, 0.15) is 0 Å². The molecule has 2 aromatic rings. The molecule has 0 spiro atoms. The molecule has 4 heteroatoms. The highest BCUT2D eigenvalue weighted by Crippen LogP contribution is 1.96. The van der Waals surface area contributed by atoms with Crippen LogP contribution in [0.15, 0.2) is 30.6 Å². The zero-order valence-corrected chi connectivity index (χ0v) is 5.94. The van der Waals surface area contributed by atoms with Crippen LogP contribution in [-0.2, 0) is 0 Å². The van der Waals surface area contributed by atoms with E-state index in [1.54, 1.807) is 10.7 Å². The standard InChI is InChI=1S/C7H7BN2O/c11-8-6-5-9-10-4-2-1-3-7(6)10/h1-5,8,11H. The highest BCUT2D eigenvalue weighted by atomic mass is 16.2. The van der Waals surface area contributed by atoms with Crippen molar-refractivity contribution in [1.29, 1.82) is 0 Å². The van der Waals surface area contributed by atoms with Gasteiger partial charge in [-0.25, -0.2) is 4.52 Å². The smallest absolute Gasteiger partial charge is 0.308 e. The monoisotopic (exact) mass is 146 g/mol. The van der Waals surface area contributed by atoms with Crippen LogP contribution >= 0.6 is 0 Å². The SMILES string of the molecule is OBc1cnn2ccccc12. The second-order valence-corrected chi connectivity index (χ2v) is 2.36. The van der Waals surface area contributed by atoms with Gasteiger partial charge in [0.05, 0.1) is 5.52 Å². The number of nitrogens with zero attached hydrogens (tertiary/aromatic N) is 2. The lowest BCUT2D eigenvalue weighted by atomic mass is 9.90. The summed E-state index contributed by atoms with van der Waals surface area (Å²) >= 11 is 0. The summed E-state index contributed by atoms with van der Waals surface area (Å²) in [5.74, 6) is 0. The van der Waals surface area contributed by atoms with E-state index in [1.165, 1.54) is 0 Å². The van der Waals surface area contributed by atoms with Gasteiger partial charge in [0.25, 0.3) is 0 Å². The molecule has 0 amide bonds. The van der Waals surface area contributed by atoms with Gasteiger partial charge in [-0.2, -0.15) is 5.10 Å². The van der Waals surface area contributed by atoms with Crippen molar-refractivity contribution < 1.29 is 5.02 Å². The molecule has 0 aliphatic rings. The van der Waals surface area contributed by atoms with E-state index in [-0.39, 0.29) is 7.48 Å². The van der Waals surface area contributed by atoms with E-state index >= 15 is 0 Å². The van der Waals surface area contributed by atoms with Crippen molar-refractivity contribution in [2.75, 3.05) is 0 Å². The van der Waals surface area contributed by atoms with Gasteiger partial charge in [0, 0.05) is 12.4 Å². The largest absolute Gasteiger partial charge is 0.449 e. The highest BCUT2D eigenvalue weighted by Gasteiger charge is 2.00. The molecule has 0 aliphatic carbocycles. The second-order valence-electron chi connectivity index (χ2n) is 2.36. The van der Waals surface area contributed by atoms with E-state index < -0.39 is 0 Å². The Morgan fingerprint density at radius 2 is 2.36 bits per heavy atom. The number of rotatable bonds is 1. The third-order valence-electron chi connectivity index (χ3n) is 1.68. The van der Waals surface area contributed by atoms with Crippen molar-refractivity contribution in [3.63, 3.8) is 0 Å². The molecule has 2 aromatic heterocycles. The Balaban J connectivity index is 2.76. The summed E-state index contributed by atoms with van der Waals surface area (Å²) in [6.45, 7) is 0. The maximum Gasteiger partial charge on any atom is 0.308 e. The van der Waals surface area contributed by atoms with Gasteiger partial charge < -0.3 is 5.02 Å². The minimum atomic E-state index is 0.0491. The normalized spacial score (nSPS) is 10.3. The third kappa shape index (κ3) is 0.916. The second kappa shape index (κ2) is 2.40.